The second-order valence-corrected chi connectivity index (χ2v) is 12.1. The molecule has 11 heteroatoms. The number of hydrogen-bond donors (Lipinski definition) is 0. The van der Waals surface area contributed by atoms with Gasteiger partial charge in [0, 0.05) is 18.5 Å². The molecule has 206 valence electrons. The summed E-state index contributed by atoms with van der Waals surface area (Å²) in [5.41, 5.74) is -0.484. The molecule has 1 saturated carbocycles. The van der Waals surface area contributed by atoms with E-state index in [-0.39, 0.29) is 48.6 Å². The van der Waals surface area contributed by atoms with Crippen LogP contribution in [-0.4, -0.2) is 67.0 Å². The molecule has 2 aromatic rings. The van der Waals surface area contributed by atoms with E-state index in [1.165, 1.54) is 20.2 Å². The molecule has 2 bridgehead atoms. The maximum Gasteiger partial charge on any atom is 0.354 e. The van der Waals surface area contributed by atoms with Gasteiger partial charge < -0.3 is 19.2 Å². The van der Waals surface area contributed by atoms with Crippen LogP contribution in [0.3, 0.4) is 0 Å². The topological polar surface area (TPSA) is 125 Å². The number of hydrogen-bond acceptors (Lipinski definition) is 8. The van der Waals surface area contributed by atoms with Crippen molar-refractivity contribution in [2.45, 2.75) is 91.0 Å². The predicted octanol–water partition coefficient (Wildman–Crippen LogP) is 2.24. The Kier molecular flexibility index (Phi) is 7.04. The highest BCUT2D eigenvalue weighted by Crippen LogP contribution is 2.40. The van der Waals surface area contributed by atoms with E-state index in [9.17, 15) is 19.2 Å². The maximum atomic E-state index is 13.9. The van der Waals surface area contributed by atoms with Gasteiger partial charge >= 0.3 is 17.7 Å². The number of carbonyl (C=O) groups is 3. The van der Waals surface area contributed by atoms with Crippen molar-refractivity contribution < 1.29 is 23.9 Å². The van der Waals surface area contributed by atoms with E-state index < -0.39 is 23.5 Å². The quantitative estimate of drug-likeness (QED) is 0.408. The molecule has 0 spiro atoms. The summed E-state index contributed by atoms with van der Waals surface area (Å²) in [4.78, 5) is 58.2. The van der Waals surface area contributed by atoms with Gasteiger partial charge in [-0.1, -0.05) is 40.5 Å². The van der Waals surface area contributed by atoms with E-state index in [0.29, 0.717) is 18.1 Å². The fourth-order valence-electron chi connectivity index (χ4n) is 5.73. The van der Waals surface area contributed by atoms with Gasteiger partial charge in [0.05, 0.1) is 31.1 Å². The molecule has 5 rings (SSSR count). The first-order valence-corrected chi connectivity index (χ1v) is 13.6. The summed E-state index contributed by atoms with van der Waals surface area (Å²) in [6, 6.07) is 1.08. The number of amides is 1. The fourth-order valence-corrected chi connectivity index (χ4v) is 5.73. The van der Waals surface area contributed by atoms with Crippen molar-refractivity contribution in [2.75, 3.05) is 6.54 Å². The fraction of sp³-hybridized carbons (Fsp3) is 0.704. The molecule has 6 atom stereocenters. The minimum atomic E-state index is -0.720. The molecule has 1 saturated heterocycles. The lowest BCUT2D eigenvalue weighted by Gasteiger charge is -2.34. The number of nitrogens with zero attached hydrogens (tertiary/aromatic N) is 5. The molecule has 2 fully saturated rings. The first kappa shape index (κ1) is 26.4. The van der Waals surface area contributed by atoms with Crippen molar-refractivity contribution in [1.82, 2.24) is 24.1 Å². The monoisotopic (exact) mass is 527 g/mol. The van der Waals surface area contributed by atoms with E-state index in [1.807, 2.05) is 27.7 Å². The van der Waals surface area contributed by atoms with Gasteiger partial charge in [-0.15, -0.1) is 0 Å². The average Bonchev–Trinajstić information content (AvgIpc) is 3.26. The maximum absolute atomic E-state index is 13.9. The van der Waals surface area contributed by atoms with Crippen molar-refractivity contribution in [1.29, 1.82) is 0 Å². The molecule has 38 heavy (non-hydrogen) atoms. The zero-order chi connectivity index (χ0) is 27.2. The summed E-state index contributed by atoms with van der Waals surface area (Å²) in [5, 5.41) is 4.10. The summed E-state index contributed by atoms with van der Waals surface area (Å²) in [6.45, 7) is 8.17. The van der Waals surface area contributed by atoms with Gasteiger partial charge in [-0.2, -0.15) is 14.6 Å². The molecule has 0 radical (unpaired) electrons. The molecule has 2 aliphatic heterocycles. The SMILES string of the molecule is C[C@@H]1[C@@H]2CN(C(=O)[C@H](C(C)(C)C)CC(=O)O[C@@H]3C[C@H]3CCCCCn3c(nc4ccnn4c3=O)O2)[C@@H]1C=O. The molecule has 4 heterocycles. The number of ether oxygens (including phenoxy) is 2. The van der Waals surface area contributed by atoms with Gasteiger partial charge in [-0.3, -0.25) is 9.59 Å². The number of rotatable bonds is 1. The smallest absolute Gasteiger partial charge is 0.354 e. The van der Waals surface area contributed by atoms with Crippen LogP contribution in [0.15, 0.2) is 17.1 Å². The highest BCUT2D eigenvalue weighted by atomic mass is 16.5. The van der Waals surface area contributed by atoms with E-state index in [0.717, 1.165) is 38.4 Å². The van der Waals surface area contributed by atoms with Crippen molar-refractivity contribution in [3.8, 4) is 6.01 Å². The number of fused-ring (bicyclic) bond motifs is 5. The molecule has 1 aliphatic carbocycles. The number of esters is 1. The highest BCUT2D eigenvalue weighted by Gasteiger charge is 2.48. The predicted molar refractivity (Wildman–Crippen MR) is 136 cm³/mol. The van der Waals surface area contributed by atoms with Crippen molar-refractivity contribution >= 4 is 23.8 Å². The van der Waals surface area contributed by atoms with E-state index in [1.54, 1.807) is 6.07 Å². The normalized spacial score (nSPS) is 31.0. The Morgan fingerprint density at radius 1 is 1.08 bits per heavy atom. The molecule has 0 aromatic carbocycles. The highest BCUT2D eigenvalue weighted by molar-refractivity contribution is 5.87. The summed E-state index contributed by atoms with van der Waals surface area (Å²) < 4.78 is 14.8. The molecule has 2 aromatic heterocycles. The third-order valence-corrected chi connectivity index (χ3v) is 8.33. The van der Waals surface area contributed by atoms with Gasteiger partial charge in [0.25, 0.3) is 0 Å². The van der Waals surface area contributed by atoms with E-state index in [4.69, 9.17) is 9.47 Å². The van der Waals surface area contributed by atoms with Gasteiger partial charge in [-0.05, 0) is 30.6 Å². The van der Waals surface area contributed by atoms with Crippen molar-refractivity contribution in [2.24, 2.45) is 23.2 Å². The lowest BCUT2D eigenvalue weighted by atomic mass is 9.77. The number of aldehydes is 1. The number of aromatic nitrogens is 4. The van der Waals surface area contributed by atoms with E-state index >= 15 is 0 Å². The van der Waals surface area contributed by atoms with Gasteiger partial charge in [-0.25, -0.2) is 9.36 Å². The molecule has 1 amide bonds. The molecule has 11 nitrogen and oxygen atoms in total. The zero-order valence-electron chi connectivity index (χ0n) is 22.5. The van der Waals surface area contributed by atoms with Crippen LogP contribution < -0.4 is 10.4 Å². The Morgan fingerprint density at radius 3 is 2.61 bits per heavy atom. The van der Waals surface area contributed by atoms with Crippen LogP contribution in [0.4, 0.5) is 0 Å². The van der Waals surface area contributed by atoms with Crippen LogP contribution >= 0.6 is 0 Å². The van der Waals surface area contributed by atoms with Crippen LogP contribution in [-0.2, 0) is 25.7 Å². The largest absolute Gasteiger partial charge is 0.462 e. The molecular formula is C27H37N5O6. The lowest BCUT2D eigenvalue weighted by Crippen LogP contribution is -2.46. The summed E-state index contributed by atoms with van der Waals surface area (Å²) in [6.07, 6.45) is 5.99. The first-order chi connectivity index (χ1) is 18.1. The van der Waals surface area contributed by atoms with Crippen LogP contribution in [0.25, 0.3) is 5.65 Å². The standard InChI is InChI=1S/C27H37N5O6/c1-16-19(15-33)31-14-21(16)38-25-29-22-9-10-28-32(22)26(36)30(25)11-7-5-6-8-17-12-20(17)37-23(34)13-18(24(31)35)27(2,3)4/h9-10,15-21H,5-8,11-14H2,1-4H3/t16-,17+,18+,19+,20+,21-/m0/s1. The Balaban J connectivity index is 1.50. The molecule has 0 unspecified atom stereocenters. The summed E-state index contributed by atoms with van der Waals surface area (Å²) in [5.74, 6) is -1.29. The van der Waals surface area contributed by atoms with Crippen molar-refractivity contribution in [3.05, 3.63) is 22.7 Å². The van der Waals surface area contributed by atoms with Crippen LogP contribution in [0.1, 0.15) is 66.2 Å². The molecular weight excluding hydrogens is 490 g/mol. The van der Waals surface area contributed by atoms with Crippen LogP contribution in [0, 0.1) is 23.2 Å². The van der Waals surface area contributed by atoms with Gasteiger partial charge in [0.1, 0.15) is 18.5 Å². The Hall–Kier alpha value is -3.24. The average molecular weight is 528 g/mol. The number of carbonyl (C=O) groups excluding carboxylic acids is 3. The second-order valence-electron chi connectivity index (χ2n) is 12.1. The summed E-state index contributed by atoms with van der Waals surface area (Å²) in [7, 11) is 0. The van der Waals surface area contributed by atoms with E-state index in [2.05, 4.69) is 10.1 Å². The van der Waals surface area contributed by atoms with Crippen LogP contribution in [0.5, 0.6) is 6.01 Å². The Bertz CT molecular complexity index is 1280. The minimum absolute atomic E-state index is 0.0352. The molecule has 3 aliphatic rings. The van der Waals surface area contributed by atoms with Crippen molar-refractivity contribution in [3.63, 3.8) is 0 Å². The Morgan fingerprint density at radius 2 is 1.87 bits per heavy atom. The minimum Gasteiger partial charge on any atom is -0.462 e. The summed E-state index contributed by atoms with van der Waals surface area (Å²) >= 11 is 0. The van der Waals surface area contributed by atoms with Gasteiger partial charge in [0.15, 0.2) is 5.65 Å². The zero-order valence-corrected chi connectivity index (χ0v) is 22.5. The third-order valence-electron chi connectivity index (χ3n) is 8.33. The third kappa shape index (κ3) is 5.07. The van der Waals surface area contributed by atoms with Crippen LogP contribution in [0.2, 0.25) is 0 Å². The lowest BCUT2D eigenvalue weighted by molar-refractivity contribution is -0.153. The van der Waals surface area contributed by atoms with Gasteiger partial charge in [0.2, 0.25) is 5.91 Å². The second kappa shape index (κ2) is 10.1. The first-order valence-electron chi connectivity index (χ1n) is 13.6. The molecule has 0 N–H and O–H groups in total. The Labute approximate surface area is 221 Å².